The Hall–Kier alpha value is -1.32. The molecule has 1 aromatic heterocycles. The van der Waals surface area contributed by atoms with Gasteiger partial charge >= 0.3 is 0 Å². The van der Waals surface area contributed by atoms with Crippen LogP contribution in [0.5, 0.6) is 0 Å². The summed E-state index contributed by atoms with van der Waals surface area (Å²) in [5.74, 6) is 0. The Morgan fingerprint density at radius 2 is 2.12 bits per heavy atom. The van der Waals surface area contributed by atoms with Crippen LogP contribution in [0, 0.1) is 0 Å². The summed E-state index contributed by atoms with van der Waals surface area (Å²) in [6.45, 7) is 1.56. The molecule has 0 radical (unpaired) electrons. The minimum atomic E-state index is 0.598. The molecule has 0 aliphatic rings. The second-order valence-corrected chi connectivity index (χ2v) is 4.69. The Labute approximate surface area is 100 Å². The van der Waals surface area contributed by atoms with E-state index in [1.54, 1.807) is 11.3 Å². The number of hydrogen-bond acceptors (Lipinski definition) is 3. The fourth-order valence-corrected chi connectivity index (χ4v) is 2.30. The van der Waals surface area contributed by atoms with Gasteiger partial charge in [-0.25, -0.2) is 0 Å². The molecule has 1 heterocycles. The highest BCUT2D eigenvalue weighted by molar-refractivity contribution is 7.09. The van der Waals surface area contributed by atoms with Crippen LogP contribution in [0.2, 0.25) is 0 Å². The highest BCUT2D eigenvalue weighted by Gasteiger charge is 1.95. The van der Waals surface area contributed by atoms with Crippen molar-refractivity contribution in [1.29, 1.82) is 0 Å². The predicted octanol–water partition coefficient (Wildman–Crippen LogP) is 2.86. The number of anilines is 1. The van der Waals surface area contributed by atoms with E-state index in [1.165, 1.54) is 10.4 Å². The maximum Gasteiger partial charge on any atom is 0.0343 e. The Bertz CT molecular complexity index is 423. The minimum Gasteiger partial charge on any atom is -0.385 e. The van der Waals surface area contributed by atoms with E-state index in [2.05, 4.69) is 35.0 Å². The molecule has 3 heteroatoms. The van der Waals surface area contributed by atoms with Crippen LogP contribution in [-0.4, -0.2) is 6.54 Å². The Kier molecular flexibility index (Phi) is 3.97. The second-order valence-electron chi connectivity index (χ2n) is 3.66. The lowest BCUT2D eigenvalue weighted by molar-refractivity contribution is 1.03. The van der Waals surface area contributed by atoms with E-state index in [0.717, 1.165) is 18.7 Å². The van der Waals surface area contributed by atoms with Crippen LogP contribution in [0.15, 0.2) is 41.8 Å². The van der Waals surface area contributed by atoms with Crippen LogP contribution in [0.3, 0.4) is 0 Å². The third-order valence-electron chi connectivity index (χ3n) is 2.44. The van der Waals surface area contributed by atoms with Gasteiger partial charge in [0, 0.05) is 23.7 Å². The second kappa shape index (κ2) is 5.68. The van der Waals surface area contributed by atoms with Crippen molar-refractivity contribution in [3.63, 3.8) is 0 Å². The van der Waals surface area contributed by atoms with Gasteiger partial charge in [0.25, 0.3) is 0 Å². The molecule has 1 aromatic carbocycles. The summed E-state index contributed by atoms with van der Waals surface area (Å²) in [4.78, 5) is 1.42. The van der Waals surface area contributed by atoms with Crippen LogP contribution < -0.4 is 11.1 Å². The van der Waals surface area contributed by atoms with E-state index in [9.17, 15) is 0 Å². The van der Waals surface area contributed by atoms with Crippen LogP contribution in [-0.2, 0) is 13.0 Å². The average Bonchev–Trinajstić information content (AvgIpc) is 2.82. The van der Waals surface area contributed by atoms with Gasteiger partial charge in [-0.3, -0.25) is 0 Å². The molecule has 16 heavy (non-hydrogen) atoms. The minimum absolute atomic E-state index is 0.598. The molecular formula is C13H16N2S. The first kappa shape index (κ1) is 11.2. The molecule has 84 valence electrons. The SMILES string of the molecule is NCc1cccc(NCCc2cccs2)c1. The normalized spacial score (nSPS) is 10.3. The lowest BCUT2D eigenvalue weighted by Crippen LogP contribution is -2.04. The maximum absolute atomic E-state index is 5.60. The molecule has 0 saturated carbocycles. The third-order valence-corrected chi connectivity index (χ3v) is 3.38. The van der Waals surface area contributed by atoms with Crippen molar-refractivity contribution in [2.75, 3.05) is 11.9 Å². The fourth-order valence-electron chi connectivity index (χ4n) is 1.59. The molecule has 2 nitrogen and oxygen atoms in total. The van der Waals surface area contributed by atoms with Gasteiger partial charge in [0.1, 0.15) is 0 Å². The highest BCUT2D eigenvalue weighted by atomic mass is 32.1. The molecule has 0 amide bonds. The van der Waals surface area contributed by atoms with Gasteiger partial charge in [-0.15, -0.1) is 11.3 Å². The van der Waals surface area contributed by atoms with E-state index >= 15 is 0 Å². The molecule has 0 spiro atoms. The number of rotatable bonds is 5. The number of nitrogens with two attached hydrogens (primary N) is 1. The topological polar surface area (TPSA) is 38.0 Å². The molecule has 2 rings (SSSR count). The predicted molar refractivity (Wildman–Crippen MR) is 70.8 cm³/mol. The number of benzene rings is 1. The van der Waals surface area contributed by atoms with Crippen molar-refractivity contribution >= 4 is 17.0 Å². The summed E-state index contributed by atoms with van der Waals surface area (Å²) in [7, 11) is 0. The van der Waals surface area contributed by atoms with Gasteiger partial charge < -0.3 is 11.1 Å². The highest BCUT2D eigenvalue weighted by Crippen LogP contribution is 2.12. The summed E-state index contributed by atoms with van der Waals surface area (Å²) in [6.07, 6.45) is 1.07. The first-order valence-corrected chi connectivity index (χ1v) is 6.32. The standard InChI is InChI=1S/C13H16N2S/c14-10-11-3-1-4-12(9-11)15-7-6-13-5-2-8-16-13/h1-5,8-9,15H,6-7,10,14H2. The Balaban J connectivity index is 1.85. The molecule has 0 aliphatic heterocycles. The summed E-state index contributed by atoms with van der Waals surface area (Å²) in [5.41, 5.74) is 7.92. The maximum atomic E-state index is 5.60. The molecule has 0 fully saturated rings. The summed E-state index contributed by atoms with van der Waals surface area (Å²) < 4.78 is 0. The molecule has 0 unspecified atom stereocenters. The summed E-state index contributed by atoms with van der Waals surface area (Å²) in [6, 6.07) is 12.5. The largest absolute Gasteiger partial charge is 0.385 e. The zero-order valence-corrected chi connectivity index (χ0v) is 9.96. The summed E-state index contributed by atoms with van der Waals surface area (Å²) >= 11 is 1.81. The monoisotopic (exact) mass is 232 g/mol. The quantitative estimate of drug-likeness (QED) is 0.832. The zero-order chi connectivity index (χ0) is 11.2. The van der Waals surface area contributed by atoms with Gasteiger partial charge in [0.05, 0.1) is 0 Å². The van der Waals surface area contributed by atoms with Crippen LogP contribution >= 0.6 is 11.3 Å². The first-order valence-electron chi connectivity index (χ1n) is 5.44. The zero-order valence-electron chi connectivity index (χ0n) is 9.15. The van der Waals surface area contributed by atoms with Crippen molar-refractivity contribution < 1.29 is 0 Å². The lowest BCUT2D eigenvalue weighted by Gasteiger charge is -2.06. The van der Waals surface area contributed by atoms with Gasteiger partial charge in [0.15, 0.2) is 0 Å². The Morgan fingerprint density at radius 3 is 2.88 bits per heavy atom. The van der Waals surface area contributed by atoms with Crippen molar-refractivity contribution in [3.8, 4) is 0 Å². The lowest BCUT2D eigenvalue weighted by atomic mass is 10.2. The molecular weight excluding hydrogens is 216 g/mol. The van der Waals surface area contributed by atoms with E-state index in [1.807, 2.05) is 12.1 Å². The van der Waals surface area contributed by atoms with Gasteiger partial charge in [-0.2, -0.15) is 0 Å². The average molecular weight is 232 g/mol. The third kappa shape index (κ3) is 3.08. The molecule has 0 saturated heterocycles. The van der Waals surface area contributed by atoms with E-state index in [-0.39, 0.29) is 0 Å². The van der Waals surface area contributed by atoms with Gasteiger partial charge in [-0.05, 0) is 35.6 Å². The number of thiophene rings is 1. The smallest absolute Gasteiger partial charge is 0.0343 e. The van der Waals surface area contributed by atoms with E-state index in [4.69, 9.17) is 5.73 Å². The van der Waals surface area contributed by atoms with Crippen molar-refractivity contribution in [2.45, 2.75) is 13.0 Å². The molecule has 0 aliphatic carbocycles. The fraction of sp³-hybridized carbons (Fsp3) is 0.231. The molecule has 0 bridgehead atoms. The van der Waals surface area contributed by atoms with Crippen LogP contribution in [0.1, 0.15) is 10.4 Å². The van der Waals surface area contributed by atoms with E-state index < -0.39 is 0 Å². The molecule has 2 aromatic rings. The van der Waals surface area contributed by atoms with Crippen LogP contribution in [0.4, 0.5) is 5.69 Å². The summed E-state index contributed by atoms with van der Waals surface area (Å²) in [5, 5.41) is 5.52. The van der Waals surface area contributed by atoms with Gasteiger partial charge in [-0.1, -0.05) is 18.2 Å². The number of hydrogen-bond donors (Lipinski definition) is 2. The van der Waals surface area contributed by atoms with Crippen LogP contribution in [0.25, 0.3) is 0 Å². The Morgan fingerprint density at radius 1 is 1.19 bits per heavy atom. The van der Waals surface area contributed by atoms with Crippen molar-refractivity contribution in [2.24, 2.45) is 5.73 Å². The van der Waals surface area contributed by atoms with Crippen molar-refractivity contribution in [3.05, 3.63) is 52.2 Å². The first-order chi connectivity index (χ1) is 7.88. The van der Waals surface area contributed by atoms with Crippen molar-refractivity contribution in [1.82, 2.24) is 0 Å². The number of nitrogens with one attached hydrogen (secondary N) is 1. The van der Waals surface area contributed by atoms with E-state index in [0.29, 0.717) is 6.54 Å². The molecule has 3 N–H and O–H groups in total. The van der Waals surface area contributed by atoms with Gasteiger partial charge in [0.2, 0.25) is 0 Å². The molecule has 0 atom stereocenters.